The minimum Gasteiger partial charge on any atom is -1.00 e. The van der Waals surface area contributed by atoms with Gasteiger partial charge in [0.1, 0.15) is 0 Å². The van der Waals surface area contributed by atoms with Gasteiger partial charge in [0.2, 0.25) is 0 Å². The van der Waals surface area contributed by atoms with E-state index < -0.39 is 5.60 Å². The number of rotatable bonds is 9. The summed E-state index contributed by atoms with van der Waals surface area (Å²) in [4.78, 5) is 0. The summed E-state index contributed by atoms with van der Waals surface area (Å²) >= 11 is 0. The molecule has 3 nitrogen and oxygen atoms in total. The lowest BCUT2D eigenvalue weighted by molar-refractivity contribution is -0.871. The number of hydrogen-bond donors (Lipinski definition) is 1. The Morgan fingerprint density at radius 2 is 1.04 bits per heavy atom. The maximum absolute atomic E-state index is 12.2. The zero-order valence-corrected chi connectivity index (χ0v) is 23.6. The van der Waals surface area contributed by atoms with Gasteiger partial charge in [-0.2, -0.15) is 0 Å². The smallest absolute Gasteiger partial charge is 0.0781 e. The largest absolute Gasteiger partial charge is 1.00 e. The molecule has 4 aliphatic rings. The van der Waals surface area contributed by atoms with Crippen molar-refractivity contribution in [1.82, 2.24) is 0 Å². The molecule has 0 aromatic carbocycles. The molecule has 0 aliphatic heterocycles. The first-order chi connectivity index (χ1) is 11.9. The Bertz CT molecular complexity index is 441. The van der Waals surface area contributed by atoms with Gasteiger partial charge in [-0.05, 0) is 87.4 Å². The normalized spacial score (nSPS) is 32.0. The highest BCUT2D eigenvalue weighted by molar-refractivity contribution is 5.09. The van der Waals surface area contributed by atoms with Crippen molar-refractivity contribution in [2.45, 2.75) is 69.8 Å². The highest BCUT2D eigenvalue weighted by Gasteiger charge is 2.59. The van der Waals surface area contributed by atoms with Gasteiger partial charge in [0.15, 0.2) is 0 Å². The highest BCUT2D eigenvalue weighted by Crippen LogP contribution is 2.65. The molecule has 4 rings (SSSR count). The van der Waals surface area contributed by atoms with Crippen LogP contribution >= 0.6 is 0 Å². The summed E-state index contributed by atoms with van der Waals surface area (Å²) in [5.74, 6) is 2.76. The molecule has 0 aromatic rings. The fourth-order valence-electron chi connectivity index (χ4n) is 7.03. The Hall–Kier alpha value is 1.34. The first-order valence-corrected chi connectivity index (χ1v) is 11.2. The summed E-state index contributed by atoms with van der Waals surface area (Å²) < 4.78 is 2.02. The third-order valence-corrected chi connectivity index (χ3v) is 7.86. The molecule has 0 spiro atoms. The molecule has 4 saturated carbocycles. The van der Waals surface area contributed by atoms with Crippen LogP contribution in [0.5, 0.6) is 0 Å². The second-order valence-corrected chi connectivity index (χ2v) is 12.5. The zero-order valence-electron chi connectivity index (χ0n) is 19.3. The molecule has 5 heteroatoms. The van der Waals surface area contributed by atoms with Crippen LogP contribution in [0.4, 0.5) is 0 Å². The second kappa shape index (κ2) is 9.86. The van der Waals surface area contributed by atoms with Crippen LogP contribution < -0.4 is 48.0 Å². The third-order valence-electron chi connectivity index (χ3n) is 7.86. The fraction of sp³-hybridized carbons (Fsp3) is 1.00. The molecule has 168 valence electrons. The number of hydrogen-bond acceptors (Lipinski definition) is 1. The van der Waals surface area contributed by atoms with Crippen molar-refractivity contribution in [3.63, 3.8) is 0 Å². The van der Waals surface area contributed by atoms with E-state index in [0.717, 1.165) is 52.4 Å². The average Bonchev–Trinajstić information content (AvgIpc) is 2.42. The minimum absolute atomic E-state index is 0. The van der Waals surface area contributed by atoms with Gasteiger partial charge < -0.3 is 62.0 Å². The van der Waals surface area contributed by atoms with Crippen LogP contribution in [0.25, 0.3) is 0 Å². The Morgan fingerprint density at radius 1 is 0.714 bits per heavy atom. The van der Waals surface area contributed by atoms with Crippen molar-refractivity contribution in [2.75, 3.05) is 55.4 Å². The highest BCUT2D eigenvalue weighted by atomic mass is 127. The minimum atomic E-state index is -0.423. The molecule has 4 fully saturated rings. The predicted octanol–water partition coefficient (Wildman–Crippen LogP) is -2.09. The molecule has 0 saturated heterocycles. The summed E-state index contributed by atoms with van der Waals surface area (Å²) in [5, 5.41) is 12.2. The van der Waals surface area contributed by atoms with Crippen molar-refractivity contribution in [1.29, 1.82) is 0 Å². The van der Waals surface area contributed by atoms with Gasteiger partial charge in [0.05, 0.1) is 61.0 Å². The van der Waals surface area contributed by atoms with Crippen molar-refractivity contribution < 1.29 is 62.0 Å². The molecule has 0 aromatic heterocycles. The van der Waals surface area contributed by atoms with Crippen molar-refractivity contribution in [3.8, 4) is 0 Å². The summed E-state index contributed by atoms with van der Waals surface area (Å²) in [5.41, 5.74) is -0.176. The molecule has 0 amide bonds. The molecule has 4 aliphatic carbocycles. The van der Waals surface area contributed by atoms with Crippen LogP contribution in [-0.2, 0) is 0 Å². The van der Waals surface area contributed by atoms with E-state index in [2.05, 4.69) is 42.3 Å². The van der Waals surface area contributed by atoms with E-state index in [9.17, 15) is 5.11 Å². The Kier molecular flexibility index (Phi) is 9.64. The lowest BCUT2D eigenvalue weighted by Crippen LogP contribution is -3.00. The molecule has 0 atom stereocenters. The van der Waals surface area contributed by atoms with Gasteiger partial charge in [-0.15, -0.1) is 0 Å². The Morgan fingerprint density at radius 3 is 1.32 bits per heavy atom. The Labute approximate surface area is 209 Å². The SMILES string of the molecule is C[N+](C)(C)CCCC(O)(CCC[N+](C)(C)C)C12CC3CC(CC(C3)C1)C2.[I-].[I-]. The van der Waals surface area contributed by atoms with E-state index in [1.54, 1.807) is 0 Å². The lowest BCUT2D eigenvalue weighted by Gasteiger charge is -2.62. The van der Waals surface area contributed by atoms with Gasteiger partial charge in [-0.25, -0.2) is 0 Å². The van der Waals surface area contributed by atoms with E-state index in [1.807, 2.05) is 0 Å². The maximum atomic E-state index is 12.2. The van der Waals surface area contributed by atoms with Gasteiger partial charge in [-0.1, -0.05) is 0 Å². The van der Waals surface area contributed by atoms with Crippen molar-refractivity contribution in [2.24, 2.45) is 23.2 Å². The van der Waals surface area contributed by atoms with E-state index in [-0.39, 0.29) is 53.4 Å². The van der Waals surface area contributed by atoms with Crippen LogP contribution in [0.1, 0.15) is 64.2 Å². The van der Waals surface area contributed by atoms with Crippen molar-refractivity contribution >= 4 is 0 Å². The predicted molar refractivity (Wildman–Crippen MR) is 110 cm³/mol. The van der Waals surface area contributed by atoms with Crippen LogP contribution in [-0.4, -0.2) is 75.0 Å². The number of nitrogens with zero attached hydrogens (tertiary/aromatic N) is 2. The molecular weight excluding hydrogens is 574 g/mol. The topological polar surface area (TPSA) is 20.2 Å². The molecule has 0 unspecified atom stereocenters. The quantitative estimate of drug-likeness (QED) is 0.232. The Balaban J connectivity index is 0.00000196. The maximum Gasteiger partial charge on any atom is 0.0781 e. The van der Waals surface area contributed by atoms with E-state index in [4.69, 9.17) is 0 Å². The monoisotopic (exact) mass is 620 g/mol. The van der Waals surface area contributed by atoms with Gasteiger partial charge in [0.25, 0.3) is 0 Å². The third kappa shape index (κ3) is 6.67. The molecular formula is C23H46I2N2O. The van der Waals surface area contributed by atoms with Crippen molar-refractivity contribution in [3.05, 3.63) is 0 Å². The number of quaternary nitrogens is 2. The van der Waals surface area contributed by atoms with E-state index in [1.165, 1.54) is 51.6 Å². The molecule has 4 bridgehead atoms. The van der Waals surface area contributed by atoms with Gasteiger partial charge in [-0.3, -0.25) is 0 Å². The first kappa shape index (κ1) is 27.4. The standard InChI is InChI=1S/C23H46N2O.2HI/c1-24(2,3)11-7-9-23(26,10-8-12-25(4,5)6)22-16-19-13-20(17-22)15-21(14-19)18-22;;/h19-21,26H,7-18H2,1-6H3;2*1H/q+2;;/p-2. The lowest BCUT2D eigenvalue weighted by atomic mass is 9.44. The van der Waals surface area contributed by atoms with E-state index >= 15 is 0 Å². The molecule has 28 heavy (non-hydrogen) atoms. The summed E-state index contributed by atoms with van der Waals surface area (Å²) in [6.07, 6.45) is 12.7. The molecule has 0 heterocycles. The summed E-state index contributed by atoms with van der Waals surface area (Å²) in [7, 11) is 13.7. The van der Waals surface area contributed by atoms with Crippen LogP contribution in [0.15, 0.2) is 0 Å². The fourth-order valence-corrected chi connectivity index (χ4v) is 7.03. The summed E-state index contributed by atoms with van der Waals surface area (Å²) in [6.45, 7) is 2.34. The summed E-state index contributed by atoms with van der Waals surface area (Å²) in [6, 6.07) is 0. The first-order valence-electron chi connectivity index (χ1n) is 11.2. The van der Waals surface area contributed by atoms with Crippen LogP contribution in [0.2, 0.25) is 0 Å². The van der Waals surface area contributed by atoms with Crippen LogP contribution in [0, 0.1) is 23.2 Å². The van der Waals surface area contributed by atoms with Crippen LogP contribution in [0.3, 0.4) is 0 Å². The van der Waals surface area contributed by atoms with Gasteiger partial charge >= 0.3 is 0 Å². The molecule has 0 radical (unpaired) electrons. The molecule has 1 N–H and O–H groups in total. The zero-order chi connectivity index (χ0) is 19.2. The average molecular weight is 620 g/mol. The second-order valence-electron chi connectivity index (χ2n) is 12.5. The number of halogens is 2. The van der Waals surface area contributed by atoms with E-state index in [0.29, 0.717) is 0 Å². The number of aliphatic hydroxyl groups is 1. The van der Waals surface area contributed by atoms with Gasteiger partial charge in [0, 0.05) is 0 Å².